The number of benzene rings is 1. The molecular weight excluding hydrogens is 251 g/mol. The van der Waals surface area contributed by atoms with Crippen LogP contribution in [-0.2, 0) is 0 Å². The van der Waals surface area contributed by atoms with E-state index < -0.39 is 0 Å². The van der Waals surface area contributed by atoms with Gasteiger partial charge in [-0.25, -0.2) is 4.39 Å². The number of anilines is 1. The molecule has 1 aliphatic carbocycles. The highest BCUT2D eigenvalue weighted by atomic mass is 19.1. The van der Waals surface area contributed by atoms with Crippen molar-refractivity contribution in [1.29, 1.82) is 0 Å². The third-order valence-corrected chi connectivity index (χ3v) is 5.03. The van der Waals surface area contributed by atoms with Crippen LogP contribution in [0.15, 0.2) is 18.2 Å². The quantitative estimate of drug-likeness (QED) is 0.904. The third-order valence-electron chi connectivity index (χ3n) is 5.03. The van der Waals surface area contributed by atoms with E-state index in [1.807, 2.05) is 13.0 Å². The SMILES string of the molecule is CC(N)c1cc(F)ccc1N1CCCC1C1CCCC1. The van der Waals surface area contributed by atoms with E-state index in [9.17, 15) is 4.39 Å². The lowest BCUT2D eigenvalue weighted by atomic mass is 9.95. The molecule has 2 N–H and O–H groups in total. The highest BCUT2D eigenvalue weighted by Gasteiger charge is 2.34. The van der Waals surface area contributed by atoms with Gasteiger partial charge in [-0.2, -0.15) is 0 Å². The van der Waals surface area contributed by atoms with Crippen LogP contribution in [0.5, 0.6) is 0 Å². The Hall–Kier alpha value is -1.09. The van der Waals surface area contributed by atoms with Gasteiger partial charge in [-0.1, -0.05) is 12.8 Å². The number of halogens is 1. The monoisotopic (exact) mass is 276 g/mol. The molecule has 2 nitrogen and oxygen atoms in total. The van der Waals surface area contributed by atoms with Crippen molar-refractivity contribution in [3.05, 3.63) is 29.6 Å². The molecule has 1 aliphatic heterocycles. The first-order chi connectivity index (χ1) is 9.66. The van der Waals surface area contributed by atoms with Crippen LogP contribution < -0.4 is 10.6 Å². The molecule has 1 aromatic carbocycles. The summed E-state index contributed by atoms with van der Waals surface area (Å²) in [4.78, 5) is 2.51. The Kier molecular flexibility index (Phi) is 3.97. The lowest BCUT2D eigenvalue weighted by Crippen LogP contribution is -2.35. The van der Waals surface area contributed by atoms with Crippen molar-refractivity contribution in [2.75, 3.05) is 11.4 Å². The van der Waals surface area contributed by atoms with E-state index in [4.69, 9.17) is 5.73 Å². The van der Waals surface area contributed by atoms with E-state index in [1.165, 1.54) is 38.5 Å². The molecule has 2 atom stereocenters. The molecule has 2 unspecified atom stereocenters. The maximum Gasteiger partial charge on any atom is 0.123 e. The normalized spacial score (nSPS) is 25.4. The predicted octanol–water partition coefficient (Wildman–Crippen LogP) is 4.00. The first-order valence-corrected chi connectivity index (χ1v) is 7.98. The first kappa shape index (κ1) is 13.9. The molecule has 20 heavy (non-hydrogen) atoms. The summed E-state index contributed by atoms with van der Waals surface area (Å²) in [7, 11) is 0. The van der Waals surface area contributed by atoms with Crippen molar-refractivity contribution in [3.8, 4) is 0 Å². The summed E-state index contributed by atoms with van der Waals surface area (Å²) in [5.41, 5.74) is 8.17. The first-order valence-electron chi connectivity index (χ1n) is 7.98. The standard InChI is InChI=1S/C17H25FN2/c1-12(19)15-11-14(18)8-9-17(15)20-10-4-7-16(20)13-5-2-3-6-13/h8-9,11-13,16H,2-7,10,19H2,1H3. The van der Waals surface area contributed by atoms with E-state index in [2.05, 4.69) is 4.90 Å². The number of rotatable bonds is 3. The number of nitrogens with zero attached hydrogens (tertiary/aromatic N) is 1. The highest BCUT2D eigenvalue weighted by Crippen LogP contribution is 2.39. The molecule has 1 saturated heterocycles. The smallest absolute Gasteiger partial charge is 0.123 e. The Balaban J connectivity index is 1.90. The fourth-order valence-corrected chi connectivity index (χ4v) is 4.08. The van der Waals surface area contributed by atoms with Gasteiger partial charge in [0.05, 0.1) is 0 Å². The second kappa shape index (κ2) is 5.72. The van der Waals surface area contributed by atoms with Gasteiger partial charge in [-0.15, -0.1) is 0 Å². The molecule has 110 valence electrons. The van der Waals surface area contributed by atoms with Crippen molar-refractivity contribution in [1.82, 2.24) is 0 Å². The van der Waals surface area contributed by atoms with E-state index in [0.29, 0.717) is 6.04 Å². The summed E-state index contributed by atoms with van der Waals surface area (Å²) >= 11 is 0. The maximum absolute atomic E-state index is 13.5. The minimum atomic E-state index is -0.183. The van der Waals surface area contributed by atoms with E-state index in [-0.39, 0.29) is 11.9 Å². The van der Waals surface area contributed by atoms with Crippen molar-refractivity contribution in [3.63, 3.8) is 0 Å². The van der Waals surface area contributed by atoms with Crippen molar-refractivity contribution < 1.29 is 4.39 Å². The van der Waals surface area contributed by atoms with Crippen molar-refractivity contribution in [2.45, 2.75) is 57.5 Å². The van der Waals surface area contributed by atoms with Crippen LogP contribution in [0, 0.1) is 11.7 Å². The van der Waals surface area contributed by atoms with Gasteiger partial charge in [-0.3, -0.25) is 0 Å². The summed E-state index contributed by atoms with van der Waals surface area (Å²) in [6, 6.07) is 5.64. The van der Waals surface area contributed by atoms with Gasteiger partial charge < -0.3 is 10.6 Å². The number of hydrogen-bond acceptors (Lipinski definition) is 2. The third kappa shape index (κ3) is 2.56. The fourth-order valence-electron chi connectivity index (χ4n) is 4.08. The Labute approximate surface area is 121 Å². The molecule has 3 rings (SSSR count). The van der Waals surface area contributed by atoms with E-state index >= 15 is 0 Å². The molecule has 1 saturated carbocycles. The van der Waals surface area contributed by atoms with Gasteiger partial charge in [-0.05, 0) is 62.3 Å². The average molecular weight is 276 g/mol. The molecule has 1 heterocycles. The molecular formula is C17H25FN2. The molecule has 1 aromatic rings. The molecule has 0 radical (unpaired) electrons. The largest absolute Gasteiger partial charge is 0.368 e. The summed E-state index contributed by atoms with van der Waals surface area (Å²) in [6.45, 7) is 3.03. The minimum absolute atomic E-state index is 0.120. The van der Waals surface area contributed by atoms with Crippen LogP contribution in [0.1, 0.15) is 57.1 Å². The van der Waals surface area contributed by atoms with Crippen LogP contribution in [0.25, 0.3) is 0 Å². The predicted molar refractivity (Wildman–Crippen MR) is 81.3 cm³/mol. The van der Waals surface area contributed by atoms with Crippen LogP contribution in [0.4, 0.5) is 10.1 Å². The second-order valence-corrected chi connectivity index (χ2v) is 6.44. The lowest BCUT2D eigenvalue weighted by molar-refractivity contribution is 0.430. The van der Waals surface area contributed by atoms with Crippen LogP contribution in [0.2, 0.25) is 0 Å². The average Bonchev–Trinajstić information content (AvgIpc) is 3.09. The Morgan fingerprint density at radius 1 is 1.20 bits per heavy atom. The zero-order valence-corrected chi connectivity index (χ0v) is 12.3. The zero-order chi connectivity index (χ0) is 14.1. The number of hydrogen-bond donors (Lipinski definition) is 1. The van der Waals surface area contributed by atoms with Gasteiger partial charge in [0, 0.05) is 24.3 Å². The molecule has 0 spiro atoms. The van der Waals surface area contributed by atoms with E-state index in [1.54, 1.807) is 12.1 Å². The number of nitrogens with two attached hydrogens (primary N) is 1. The van der Waals surface area contributed by atoms with Gasteiger partial charge >= 0.3 is 0 Å². The highest BCUT2D eigenvalue weighted by molar-refractivity contribution is 5.56. The minimum Gasteiger partial charge on any atom is -0.368 e. The second-order valence-electron chi connectivity index (χ2n) is 6.44. The van der Waals surface area contributed by atoms with Crippen LogP contribution in [-0.4, -0.2) is 12.6 Å². The van der Waals surface area contributed by atoms with Crippen molar-refractivity contribution in [2.24, 2.45) is 11.7 Å². The van der Waals surface area contributed by atoms with Crippen LogP contribution >= 0.6 is 0 Å². The molecule has 3 heteroatoms. The molecule has 0 aromatic heterocycles. The fraction of sp³-hybridized carbons (Fsp3) is 0.647. The van der Waals surface area contributed by atoms with Gasteiger partial charge in [0.2, 0.25) is 0 Å². The molecule has 0 bridgehead atoms. The van der Waals surface area contributed by atoms with Crippen molar-refractivity contribution >= 4 is 5.69 Å². The topological polar surface area (TPSA) is 29.3 Å². The molecule has 2 fully saturated rings. The van der Waals surface area contributed by atoms with Gasteiger partial charge in [0.1, 0.15) is 5.82 Å². The Morgan fingerprint density at radius 3 is 2.65 bits per heavy atom. The van der Waals surface area contributed by atoms with E-state index in [0.717, 1.165) is 23.7 Å². The summed E-state index contributed by atoms with van der Waals surface area (Å²) in [6.07, 6.45) is 7.99. The van der Waals surface area contributed by atoms with Crippen LogP contribution in [0.3, 0.4) is 0 Å². The molecule has 2 aliphatic rings. The lowest BCUT2D eigenvalue weighted by Gasteiger charge is -2.33. The summed E-state index contributed by atoms with van der Waals surface area (Å²) < 4.78 is 13.5. The Morgan fingerprint density at radius 2 is 1.95 bits per heavy atom. The summed E-state index contributed by atoms with van der Waals surface area (Å²) in [5.74, 6) is 0.640. The summed E-state index contributed by atoms with van der Waals surface area (Å²) in [5, 5.41) is 0. The Bertz CT molecular complexity index is 466. The molecule has 0 amide bonds. The van der Waals surface area contributed by atoms with Gasteiger partial charge in [0.25, 0.3) is 0 Å². The maximum atomic E-state index is 13.5. The van der Waals surface area contributed by atoms with Gasteiger partial charge in [0.15, 0.2) is 0 Å². The zero-order valence-electron chi connectivity index (χ0n) is 12.3.